The van der Waals surface area contributed by atoms with Crippen LogP contribution in [0.5, 0.6) is 11.5 Å². The van der Waals surface area contributed by atoms with Gasteiger partial charge in [-0.25, -0.2) is 4.98 Å². The number of ketones is 1. The molecule has 0 bridgehead atoms. The van der Waals surface area contributed by atoms with E-state index in [0.29, 0.717) is 37.6 Å². The highest BCUT2D eigenvalue weighted by molar-refractivity contribution is 7.15. The number of para-hydroxylation sites is 1. The number of likely N-dealkylation sites (tertiary alicyclic amines) is 1. The average Bonchev–Trinajstić information content (AvgIpc) is 4.09. The number of carbonyl (C=O) groups is 4. The molecule has 366 valence electrons. The van der Waals surface area contributed by atoms with Crippen molar-refractivity contribution in [2.45, 2.75) is 112 Å². The van der Waals surface area contributed by atoms with Gasteiger partial charge >= 0.3 is 0 Å². The predicted octanol–water partition coefficient (Wildman–Crippen LogP) is 9.68. The maximum atomic E-state index is 13.9. The summed E-state index contributed by atoms with van der Waals surface area (Å²) in [4.78, 5) is 66.8. The normalized spacial score (nSPS) is 17.0. The minimum Gasteiger partial charge on any atom is -0.493 e. The minimum atomic E-state index is -0.846. The molecule has 3 amide bonds. The third kappa shape index (κ3) is 11.1. The second-order valence-corrected chi connectivity index (χ2v) is 21.4. The molecule has 15 heteroatoms. The van der Waals surface area contributed by atoms with Gasteiger partial charge in [0.25, 0.3) is 0 Å². The SMILES string of the molecule is CC(=O)N[C@H](C(=O)N1C[C@H](O)C[C@H]1C(=O)CCc1ccc(-c2scnc2C)cc1OCCCOc1ccc(C2=N[C@@H](CC(=O)Nc3ccccc3)c3ccc(C)n3-c3sc(C)c(C)c32)cc1)C(C)(C)C. The molecule has 0 unspecified atom stereocenters. The zero-order valence-electron chi connectivity index (χ0n) is 41.1. The number of nitrogens with one attached hydrogen (secondary N) is 2. The molecule has 3 aromatic heterocycles. The number of aliphatic hydroxyl groups is 1. The number of aliphatic imine (C=N–C) groups is 1. The number of β-amino-alcohol motifs (C(OH)–C–C–N with tert-alkyl or cyclic N) is 1. The van der Waals surface area contributed by atoms with Crippen molar-refractivity contribution in [2.24, 2.45) is 10.4 Å². The molecule has 0 radical (unpaired) electrons. The molecule has 1 saturated heterocycles. The van der Waals surface area contributed by atoms with Gasteiger partial charge in [0, 0.05) is 65.8 Å². The zero-order chi connectivity index (χ0) is 49.9. The van der Waals surface area contributed by atoms with Gasteiger partial charge in [-0.3, -0.25) is 24.2 Å². The number of Topliss-reactive ketones (excluding diaryl/α,β-unsaturated/α-hetero) is 1. The van der Waals surface area contributed by atoms with Gasteiger partial charge in [-0.05, 0) is 111 Å². The van der Waals surface area contributed by atoms with Crippen LogP contribution in [0.3, 0.4) is 0 Å². The van der Waals surface area contributed by atoms with Gasteiger partial charge in [0.2, 0.25) is 17.7 Å². The number of benzene rings is 3. The van der Waals surface area contributed by atoms with Crippen LogP contribution in [0.1, 0.15) is 104 Å². The smallest absolute Gasteiger partial charge is 0.246 e. The number of hydrogen-bond donors (Lipinski definition) is 3. The van der Waals surface area contributed by atoms with Gasteiger partial charge in [0.1, 0.15) is 22.5 Å². The number of aryl methyl sites for hydroxylation is 4. The summed E-state index contributed by atoms with van der Waals surface area (Å²) in [7, 11) is 0. The van der Waals surface area contributed by atoms with E-state index < -0.39 is 29.6 Å². The first-order valence-corrected chi connectivity index (χ1v) is 25.6. The van der Waals surface area contributed by atoms with Crippen LogP contribution < -0.4 is 20.1 Å². The van der Waals surface area contributed by atoms with Gasteiger partial charge in [0.15, 0.2) is 5.78 Å². The standard InChI is InChI=1S/C55H62N6O7S2/c1-32-15-23-44-43(29-48(65)58-40-13-10-9-11-14-40)59-50(49-33(2)35(4)70-54(49)61(32)44)38-18-21-42(22-19-38)67-25-12-26-68-47-27-39(51-34(3)56-31-69-51)17-16-37(47)20-24-46(64)45-28-41(63)30-60(45)53(66)52(55(6,7)8)57-36(5)62/h9-11,13-19,21-23,27,31,41,43,45,52,63H,12,20,24-26,28-30H2,1-8H3,(H,57,62)(H,58,65)/t41-,43+,45+,52-/m1/s1. The number of anilines is 1. The number of carbonyl (C=O) groups excluding carboxylic acids is 4. The van der Waals surface area contributed by atoms with Crippen LogP contribution in [-0.4, -0.2) is 86.7 Å². The van der Waals surface area contributed by atoms with E-state index in [9.17, 15) is 24.3 Å². The lowest BCUT2D eigenvalue weighted by Crippen LogP contribution is -2.56. The van der Waals surface area contributed by atoms with Crippen LogP contribution in [0.25, 0.3) is 15.4 Å². The number of rotatable bonds is 17. The summed E-state index contributed by atoms with van der Waals surface area (Å²) in [6.45, 7) is 16.1. The first kappa shape index (κ1) is 50.0. The average molecular weight is 983 g/mol. The third-order valence-corrected chi connectivity index (χ3v) is 15.2. The van der Waals surface area contributed by atoms with Crippen molar-refractivity contribution in [1.29, 1.82) is 0 Å². The highest BCUT2D eigenvalue weighted by atomic mass is 32.1. The summed E-state index contributed by atoms with van der Waals surface area (Å²) in [6, 6.07) is 25.6. The number of nitrogens with zero attached hydrogens (tertiary/aromatic N) is 4. The van der Waals surface area contributed by atoms with Crippen LogP contribution in [0.2, 0.25) is 0 Å². The van der Waals surface area contributed by atoms with Crippen molar-refractivity contribution in [2.75, 3.05) is 25.1 Å². The Bertz CT molecular complexity index is 2910. The van der Waals surface area contributed by atoms with Crippen molar-refractivity contribution < 1.29 is 33.8 Å². The highest BCUT2D eigenvalue weighted by Gasteiger charge is 2.44. The Morgan fingerprint density at radius 3 is 2.34 bits per heavy atom. The molecule has 4 atom stereocenters. The molecule has 2 aliphatic rings. The highest BCUT2D eigenvalue weighted by Crippen LogP contribution is 2.41. The maximum Gasteiger partial charge on any atom is 0.246 e. The monoisotopic (exact) mass is 982 g/mol. The molecule has 5 heterocycles. The fourth-order valence-electron chi connectivity index (χ4n) is 9.27. The molecular formula is C55H62N6O7S2. The third-order valence-electron chi connectivity index (χ3n) is 13.0. The molecule has 70 heavy (non-hydrogen) atoms. The van der Waals surface area contributed by atoms with Crippen LogP contribution in [-0.2, 0) is 25.6 Å². The molecule has 1 fully saturated rings. The minimum absolute atomic E-state index is 0.0301. The van der Waals surface area contributed by atoms with E-state index in [1.165, 1.54) is 16.7 Å². The number of hydrogen-bond acceptors (Lipinski definition) is 11. The first-order valence-electron chi connectivity index (χ1n) is 23.9. The molecule has 0 spiro atoms. The van der Waals surface area contributed by atoms with Gasteiger partial charge in [-0.15, -0.1) is 22.7 Å². The van der Waals surface area contributed by atoms with Crippen molar-refractivity contribution in [3.05, 3.63) is 135 Å². The quantitative estimate of drug-likeness (QED) is 0.0761. The van der Waals surface area contributed by atoms with E-state index in [0.717, 1.165) is 66.2 Å². The number of thiazole rings is 1. The summed E-state index contributed by atoms with van der Waals surface area (Å²) < 4.78 is 15.0. The van der Waals surface area contributed by atoms with Gasteiger partial charge < -0.3 is 34.7 Å². The number of amides is 3. The largest absolute Gasteiger partial charge is 0.493 e. The lowest BCUT2D eigenvalue weighted by Gasteiger charge is -2.35. The fraction of sp³-hybridized carbons (Fsp3) is 0.382. The van der Waals surface area contributed by atoms with E-state index in [1.807, 2.05) is 106 Å². The Kier molecular flexibility index (Phi) is 15.2. The number of aromatic nitrogens is 2. The molecule has 6 aromatic rings. The summed E-state index contributed by atoms with van der Waals surface area (Å²) >= 11 is 3.29. The molecular weight excluding hydrogens is 921 g/mol. The van der Waals surface area contributed by atoms with Crippen molar-refractivity contribution in [1.82, 2.24) is 19.8 Å². The Labute approximate surface area is 418 Å². The maximum absolute atomic E-state index is 13.9. The molecule has 0 saturated carbocycles. The Morgan fingerprint density at radius 2 is 1.64 bits per heavy atom. The first-order chi connectivity index (χ1) is 33.5. The predicted molar refractivity (Wildman–Crippen MR) is 277 cm³/mol. The topological polar surface area (TPSA) is 164 Å². The van der Waals surface area contributed by atoms with E-state index >= 15 is 0 Å². The number of ether oxygens (including phenoxy) is 2. The summed E-state index contributed by atoms with van der Waals surface area (Å²) in [5, 5.41) is 17.6. The summed E-state index contributed by atoms with van der Waals surface area (Å²) in [5.41, 5.74) is 10.8. The Balaban J connectivity index is 0.937. The van der Waals surface area contributed by atoms with Gasteiger partial charge in [-0.1, -0.05) is 51.1 Å². The van der Waals surface area contributed by atoms with Crippen molar-refractivity contribution in [3.8, 4) is 26.9 Å². The van der Waals surface area contributed by atoms with Crippen LogP contribution >= 0.6 is 22.7 Å². The molecule has 2 aliphatic heterocycles. The molecule has 13 nitrogen and oxygen atoms in total. The Morgan fingerprint density at radius 1 is 0.914 bits per heavy atom. The van der Waals surface area contributed by atoms with E-state index in [-0.39, 0.29) is 49.3 Å². The second kappa shape index (κ2) is 21.3. The lowest BCUT2D eigenvalue weighted by atomic mass is 9.85. The Hall–Kier alpha value is -6.42. The van der Waals surface area contributed by atoms with Gasteiger partial charge in [0.05, 0.1) is 59.6 Å². The molecule has 3 N–H and O–H groups in total. The second-order valence-electron chi connectivity index (χ2n) is 19.3. The van der Waals surface area contributed by atoms with Gasteiger partial charge in [-0.2, -0.15) is 0 Å². The molecule has 3 aromatic carbocycles. The lowest BCUT2D eigenvalue weighted by molar-refractivity contribution is -0.143. The number of aliphatic hydroxyl groups excluding tert-OH is 1. The van der Waals surface area contributed by atoms with Crippen LogP contribution in [0.4, 0.5) is 5.69 Å². The number of fused-ring (bicyclic) bond motifs is 3. The summed E-state index contributed by atoms with van der Waals surface area (Å²) in [5.74, 6) is 0.381. The van der Waals surface area contributed by atoms with E-state index in [1.54, 1.807) is 22.7 Å². The number of thiophene rings is 1. The molecule has 8 rings (SSSR count). The fourth-order valence-corrected chi connectivity index (χ4v) is 11.3. The van der Waals surface area contributed by atoms with Crippen molar-refractivity contribution in [3.63, 3.8) is 0 Å². The molecule has 0 aliphatic carbocycles. The van der Waals surface area contributed by atoms with E-state index in [4.69, 9.17) is 14.5 Å². The van der Waals surface area contributed by atoms with E-state index in [2.05, 4.69) is 53.1 Å². The van der Waals surface area contributed by atoms with Crippen molar-refractivity contribution >= 4 is 57.6 Å². The van der Waals surface area contributed by atoms with Crippen LogP contribution in [0, 0.1) is 33.1 Å². The summed E-state index contributed by atoms with van der Waals surface area (Å²) in [6.07, 6.45) is 0.566. The van der Waals surface area contributed by atoms with Crippen LogP contribution in [0.15, 0.2) is 95.4 Å². The zero-order valence-corrected chi connectivity index (χ0v) is 42.8.